The van der Waals surface area contributed by atoms with Crippen LogP contribution in [0.25, 0.3) is 0 Å². The standard InChI is InChI=1S/C21H21F3N2O3/c1-21(2)9-17(11-3-4-15(23)18(24)19(11)29-21)26-20(28)25-16-6-5-14(22)12-7-10(27)8-13(12)16/h3-6,10,17,27H,7-9H2,1-2H3,(H2,25,26,28)/t10-,17-/m1/s1. The van der Waals surface area contributed by atoms with Crippen LogP contribution in [0.2, 0.25) is 0 Å². The van der Waals surface area contributed by atoms with E-state index in [9.17, 15) is 23.1 Å². The number of amides is 2. The monoisotopic (exact) mass is 406 g/mol. The van der Waals surface area contributed by atoms with Crippen LogP contribution in [0.3, 0.4) is 0 Å². The molecule has 0 saturated carbocycles. The van der Waals surface area contributed by atoms with Crippen LogP contribution in [-0.4, -0.2) is 22.8 Å². The molecule has 29 heavy (non-hydrogen) atoms. The van der Waals surface area contributed by atoms with Crippen LogP contribution in [0.15, 0.2) is 24.3 Å². The Balaban J connectivity index is 1.57. The molecule has 1 aliphatic heterocycles. The Kier molecular flexibility index (Phi) is 4.69. The number of benzene rings is 2. The maximum Gasteiger partial charge on any atom is 0.319 e. The van der Waals surface area contributed by atoms with Gasteiger partial charge in [-0.3, -0.25) is 0 Å². The molecular formula is C21H21F3N2O3. The van der Waals surface area contributed by atoms with Gasteiger partial charge in [-0.25, -0.2) is 13.6 Å². The van der Waals surface area contributed by atoms with Gasteiger partial charge < -0.3 is 20.5 Å². The van der Waals surface area contributed by atoms with Crippen molar-refractivity contribution < 1.29 is 27.8 Å². The number of carbonyl (C=O) groups is 1. The zero-order valence-corrected chi connectivity index (χ0v) is 16.0. The van der Waals surface area contributed by atoms with E-state index in [1.807, 2.05) is 0 Å². The Hall–Kier alpha value is -2.74. The third kappa shape index (κ3) is 3.64. The van der Waals surface area contributed by atoms with Crippen LogP contribution in [0.5, 0.6) is 5.75 Å². The predicted molar refractivity (Wildman–Crippen MR) is 100 cm³/mol. The van der Waals surface area contributed by atoms with Gasteiger partial charge in [0.25, 0.3) is 0 Å². The molecule has 2 atom stereocenters. The minimum absolute atomic E-state index is 0.199. The lowest BCUT2D eigenvalue weighted by Gasteiger charge is -2.38. The number of halogens is 3. The summed E-state index contributed by atoms with van der Waals surface area (Å²) in [7, 11) is 0. The van der Waals surface area contributed by atoms with Crippen molar-refractivity contribution in [2.24, 2.45) is 0 Å². The number of nitrogens with one attached hydrogen (secondary N) is 2. The fraction of sp³-hybridized carbons (Fsp3) is 0.381. The van der Waals surface area contributed by atoms with Gasteiger partial charge in [0.05, 0.1) is 12.1 Å². The molecule has 0 spiro atoms. The zero-order chi connectivity index (χ0) is 20.9. The Morgan fingerprint density at radius 2 is 1.79 bits per heavy atom. The molecule has 1 aliphatic carbocycles. The second-order valence-corrected chi connectivity index (χ2v) is 8.11. The van der Waals surface area contributed by atoms with Crippen molar-refractivity contribution in [2.75, 3.05) is 5.32 Å². The zero-order valence-electron chi connectivity index (χ0n) is 16.0. The van der Waals surface area contributed by atoms with Crippen molar-refractivity contribution >= 4 is 11.7 Å². The molecule has 0 saturated heterocycles. The number of hydrogen-bond acceptors (Lipinski definition) is 3. The summed E-state index contributed by atoms with van der Waals surface area (Å²) in [6, 6.07) is 3.90. The van der Waals surface area contributed by atoms with Crippen LogP contribution in [0.1, 0.15) is 43.0 Å². The van der Waals surface area contributed by atoms with Gasteiger partial charge in [0.1, 0.15) is 11.4 Å². The molecule has 0 radical (unpaired) electrons. The summed E-state index contributed by atoms with van der Waals surface area (Å²) in [6.45, 7) is 3.45. The van der Waals surface area contributed by atoms with Gasteiger partial charge in [-0.15, -0.1) is 0 Å². The van der Waals surface area contributed by atoms with Crippen molar-refractivity contribution in [3.05, 3.63) is 58.4 Å². The lowest BCUT2D eigenvalue weighted by atomic mass is 9.89. The minimum Gasteiger partial charge on any atom is -0.484 e. The van der Waals surface area contributed by atoms with Crippen LogP contribution in [0, 0.1) is 17.5 Å². The van der Waals surface area contributed by atoms with E-state index < -0.39 is 41.2 Å². The summed E-state index contributed by atoms with van der Waals surface area (Å²) >= 11 is 0. The smallest absolute Gasteiger partial charge is 0.319 e. The summed E-state index contributed by atoms with van der Waals surface area (Å²) in [5.74, 6) is -2.74. The normalized spacial score (nSPS) is 21.7. The molecule has 4 rings (SSSR count). The van der Waals surface area contributed by atoms with E-state index in [-0.39, 0.29) is 18.6 Å². The summed E-state index contributed by atoms with van der Waals surface area (Å²) in [5, 5.41) is 15.3. The van der Waals surface area contributed by atoms with Gasteiger partial charge in [-0.05, 0) is 43.2 Å². The molecule has 1 heterocycles. The number of fused-ring (bicyclic) bond motifs is 2. The Labute approximate surface area is 165 Å². The molecule has 0 fully saturated rings. The largest absolute Gasteiger partial charge is 0.484 e. The van der Waals surface area contributed by atoms with Crippen molar-refractivity contribution in [3.8, 4) is 5.75 Å². The second kappa shape index (κ2) is 6.95. The maximum atomic E-state index is 14.2. The number of hydrogen-bond donors (Lipinski definition) is 3. The topological polar surface area (TPSA) is 70.6 Å². The third-order valence-electron chi connectivity index (χ3n) is 5.34. The number of anilines is 1. The van der Waals surface area contributed by atoms with Gasteiger partial charge in [-0.2, -0.15) is 4.39 Å². The molecule has 0 aromatic heterocycles. The highest BCUT2D eigenvalue weighted by Gasteiger charge is 2.37. The quantitative estimate of drug-likeness (QED) is 0.706. The van der Waals surface area contributed by atoms with E-state index in [1.165, 1.54) is 18.2 Å². The Morgan fingerprint density at radius 3 is 2.55 bits per heavy atom. The molecule has 2 amide bonds. The lowest BCUT2D eigenvalue weighted by molar-refractivity contribution is 0.0619. The van der Waals surface area contributed by atoms with E-state index >= 15 is 0 Å². The van der Waals surface area contributed by atoms with Gasteiger partial charge >= 0.3 is 6.03 Å². The first-order valence-electron chi connectivity index (χ1n) is 9.37. The first-order valence-corrected chi connectivity index (χ1v) is 9.37. The van der Waals surface area contributed by atoms with Crippen molar-refractivity contribution in [2.45, 2.75) is 50.9 Å². The Bertz CT molecular complexity index is 994. The summed E-state index contributed by atoms with van der Waals surface area (Å²) in [5.41, 5.74) is 0.894. The number of rotatable bonds is 2. The first-order chi connectivity index (χ1) is 13.6. The second-order valence-electron chi connectivity index (χ2n) is 8.11. The molecule has 2 aliphatic rings. The SMILES string of the molecule is CC1(C)C[C@@H](NC(=O)Nc2ccc(F)c3c2C[C@H](O)C3)c2ccc(F)c(F)c2O1. The molecule has 8 heteroatoms. The van der Waals surface area contributed by atoms with Gasteiger partial charge in [-0.1, -0.05) is 6.07 Å². The molecule has 154 valence electrons. The summed E-state index contributed by atoms with van der Waals surface area (Å²) in [6.07, 6.45) is 0.107. The molecule has 2 aromatic rings. The average Bonchev–Trinajstić information content (AvgIpc) is 3.03. The summed E-state index contributed by atoms with van der Waals surface area (Å²) < 4.78 is 47.4. The lowest BCUT2D eigenvalue weighted by Crippen LogP contribution is -2.43. The molecule has 2 aromatic carbocycles. The number of aliphatic hydroxyl groups is 1. The molecule has 5 nitrogen and oxygen atoms in total. The van der Waals surface area contributed by atoms with E-state index in [0.717, 1.165) is 6.07 Å². The highest BCUT2D eigenvalue weighted by Crippen LogP contribution is 2.41. The van der Waals surface area contributed by atoms with Crippen molar-refractivity contribution in [1.82, 2.24) is 5.32 Å². The fourth-order valence-electron chi connectivity index (χ4n) is 4.07. The van der Waals surface area contributed by atoms with Gasteiger partial charge in [0.2, 0.25) is 5.82 Å². The van der Waals surface area contributed by atoms with Crippen LogP contribution in [-0.2, 0) is 12.8 Å². The van der Waals surface area contributed by atoms with Crippen molar-refractivity contribution in [1.29, 1.82) is 0 Å². The number of urea groups is 1. The van der Waals surface area contributed by atoms with E-state index in [2.05, 4.69) is 10.6 Å². The van der Waals surface area contributed by atoms with Crippen LogP contribution < -0.4 is 15.4 Å². The highest BCUT2D eigenvalue weighted by molar-refractivity contribution is 5.91. The van der Waals surface area contributed by atoms with E-state index in [0.29, 0.717) is 28.8 Å². The number of carbonyl (C=O) groups excluding carboxylic acids is 1. The third-order valence-corrected chi connectivity index (χ3v) is 5.34. The fourth-order valence-corrected chi connectivity index (χ4v) is 4.07. The van der Waals surface area contributed by atoms with Gasteiger partial charge in [0.15, 0.2) is 11.6 Å². The van der Waals surface area contributed by atoms with Crippen molar-refractivity contribution in [3.63, 3.8) is 0 Å². The molecule has 0 unspecified atom stereocenters. The maximum absolute atomic E-state index is 14.2. The Morgan fingerprint density at radius 1 is 1.10 bits per heavy atom. The van der Waals surface area contributed by atoms with E-state index in [4.69, 9.17) is 4.74 Å². The predicted octanol–water partition coefficient (Wildman–Crippen LogP) is 3.99. The van der Waals surface area contributed by atoms with Crippen LogP contribution >= 0.6 is 0 Å². The average molecular weight is 406 g/mol. The molecule has 0 bridgehead atoms. The highest BCUT2D eigenvalue weighted by atomic mass is 19.2. The van der Waals surface area contributed by atoms with E-state index in [1.54, 1.807) is 13.8 Å². The van der Waals surface area contributed by atoms with Gasteiger partial charge in [0, 0.05) is 30.5 Å². The van der Waals surface area contributed by atoms with Crippen LogP contribution in [0.4, 0.5) is 23.7 Å². The minimum atomic E-state index is -1.09. The molecule has 3 N–H and O–H groups in total. The first kappa shape index (κ1) is 19.6. The number of ether oxygens (including phenoxy) is 1. The number of aliphatic hydroxyl groups excluding tert-OH is 1. The molecular weight excluding hydrogens is 385 g/mol. The summed E-state index contributed by atoms with van der Waals surface area (Å²) in [4.78, 5) is 12.6.